The molecule has 0 radical (unpaired) electrons. The van der Waals surface area contributed by atoms with Gasteiger partial charge in [0.15, 0.2) is 5.78 Å². The van der Waals surface area contributed by atoms with Crippen LogP contribution in [0, 0.1) is 0 Å². The lowest BCUT2D eigenvalue weighted by Crippen LogP contribution is -2.16. The van der Waals surface area contributed by atoms with Gasteiger partial charge < -0.3 is 10.6 Å². The number of rotatable bonds is 7. The second kappa shape index (κ2) is 8.29. The van der Waals surface area contributed by atoms with Crippen LogP contribution in [0.15, 0.2) is 48.5 Å². The van der Waals surface area contributed by atoms with Gasteiger partial charge in [-0.3, -0.25) is 9.59 Å². The SMILES string of the molecule is CC(=O)c1cccc(NCCC(=O)Nc2ccc(C(C)C)cc2)c1. The van der Waals surface area contributed by atoms with Crippen molar-refractivity contribution >= 4 is 23.1 Å². The Balaban J connectivity index is 1.81. The summed E-state index contributed by atoms with van der Waals surface area (Å²) in [6.45, 7) is 6.33. The van der Waals surface area contributed by atoms with E-state index in [1.54, 1.807) is 12.1 Å². The van der Waals surface area contributed by atoms with Crippen LogP contribution in [0.2, 0.25) is 0 Å². The number of ketones is 1. The average molecular weight is 324 g/mol. The fourth-order valence-corrected chi connectivity index (χ4v) is 2.34. The van der Waals surface area contributed by atoms with Crippen molar-refractivity contribution in [2.45, 2.75) is 33.1 Å². The molecule has 126 valence electrons. The number of nitrogens with one attached hydrogen (secondary N) is 2. The second-order valence-electron chi connectivity index (χ2n) is 6.14. The molecule has 0 bridgehead atoms. The van der Waals surface area contributed by atoms with E-state index < -0.39 is 0 Å². The molecule has 0 aliphatic heterocycles. The molecule has 2 rings (SSSR count). The molecule has 0 fully saturated rings. The van der Waals surface area contributed by atoms with Crippen molar-refractivity contribution in [2.75, 3.05) is 17.2 Å². The van der Waals surface area contributed by atoms with Crippen molar-refractivity contribution in [3.8, 4) is 0 Å². The van der Waals surface area contributed by atoms with Gasteiger partial charge in [-0.15, -0.1) is 0 Å². The zero-order chi connectivity index (χ0) is 17.5. The second-order valence-corrected chi connectivity index (χ2v) is 6.14. The Bertz CT molecular complexity index is 706. The van der Waals surface area contributed by atoms with Gasteiger partial charge in [0, 0.05) is 29.9 Å². The number of hydrogen-bond donors (Lipinski definition) is 2. The van der Waals surface area contributed by atoms with Crippen LogP contribution in [0.5, 0.6) is 0 Å². The Morgan fingerprint density at radius 3 is 2.33 bits per heavy atom. The van der Waals surface area contributed by atoms with Gasteiger partial charge in [0.1, 0.15) is 0 Å². The third kappa shape index (κ3) is 5.23. The fourth-order valence-electron chi connectivity index (χ4n) is 2.34. The number of carbonyl (C=O) groups excluding carboxylic acids is 2. The topological polar surface area (TPSA) is 58.2 Å². The lowest BCUT2D eigenvalue weighted by atomic mass is 10.0. The summed E-state index contributed by atoms with van der Waals surface area (Å²) in [4.78, 5) is 23.3. The molecule has 24 heavy (non-hydrogen) atoms. The number of anilines is 2. The molecule has 2 N–H and O–H groups in total. The highest BCUT2D eigenvalue weighted by atomic mass is 16.1. The summed E-state index contributed by atoms with van der Waals surface area (Å²) in [6, 6.07) is 15.2. The van der Waals surface area contributed by atoms with E-state index in [1.807, 2.05) is 36.4 Å². The normalized spacial score (nSPS) is 10.5. The molecule has 0 heterocycles. The summed E-state index contributed by atoms with van der Waals surface area (Å²) in [5.74, 6) is 0.466. The van der Waals surface area contributed by atoms with Crippen molar-refractivity contribution < 1.29 is 9.59 Å². The maximum atomic E-state index is 12.0. The summed E-state index contributed by atoms with van der Waals surface area (Å²) < 4.78 is 0. The smallest absolute Gasteiger partial charge is 0.226 e. The van der Waals surface area contributed by atoms with Crippen molar-refractivity contribution in [1.82, 2.24) is 0 Å². The molecular formula is C20H24N2O2. The van der Waals surface area contributed by atoms with E-state index in [0.29, 0.717) is 24.4 Å². The van der Waals surface area contributed by atoms with Gasteiger partial charge in [-0.2, -0.15) is 0 Å². The van der Waals surface area contributed by atoms with E-state index in [0.717, 1.165) is 11.4 Å². The zero-order valence-electron chi connectivity index (χ0n) is 14.4. The molecule has 4 nitrogen and oxygen atoms in total. The molecule has 0 aliphatic rings. The van der Waals surface area contributed by atoms with E-state index >= 15 is 0 Å². The Kier molecular flexibility index (Phi) is 6.13. The van der Waals surface area contributed by atoms with Crippen LogP contribution in [0.25, 0.3) is 0 Å². The molecule has 0 unspecified atom stereocenters. The van der Waals surface area contributed by atoms with Gasteiger partial charge in [0.05, 0.1) is 0 Å². The molecule has 4 heteroatoms. The fraction of sp³-hybridized carbons (Fsp3) is 0.300. The predicted octanol–water partition coefficient (Wildman–Crippen LogP) is 4.45. The first-order valence-corrected chi connectivity index (χ1v) is 8.20. The highest BCUT2D eigenvalue weighted by Crippen LogP contribution is 2.17. The van der Waals surface area contributed by atoms with Gasteiger partial charge >= 0.3 is 0 Å². The lowest BCUT2D eigenvalue weighted by molar-refractivity contribution is -0.115. The van der Waals surface area contributed by atoms with Gasteiger partial charge in [-0.25, -0.2) is 0 Å². The van der Waals surface area contributed by atoms with Crippen molar-refractivity contribution in [3.63, 3.8) is 0 Å². The molecule has 0 aromatic heterocycles. The molecule has 2 aromatic rings. The first kappa shape index (κ1) is 17.7. The van der Waals surface area contributed by atoms with Crippen LogP contribution >= 0.6 is 0 Å². The van der Waals surface area contributed by atoms with E-state index in [4.69, 9.17) is 0 Å². The summed E-state index contributed by atoms with van der Waals surface area (Å²) >= 11 is 0. The van der Waals surface area contributed by atoms with Gasteiger partial charge in [-0.05, 0) is 42.7 Å². The van der Waals surface area contributed by atoms with E-state index in [1.165, 1.54) is 12.5 Å². The number of amides is 1. The Morgan fingerprint density at radius 2 is 1.71 bits per heavy atom. The van der Waals surface area contributed by atoms with Crippen molar-refractivity contribution in [3.05, 3.63) is 59.7 Å². The number of Topliss-reactive ketones (excluding diaryl/α,β-unsaturated/α-hetero) is 1. The third-order valence-electron chi connectivity index (χ3n) is 3.81. The quantitative estimate of drug-likeness (QED) is 0.740. The third-order valence-corrected chi connectivity index (χ3v) is 3.81. The molecule has 0 aliphatic carbocycles. The minimum absolute atomic E-state index is 0.0289. The summed E-state index contributed by atoms with van der Waals surface area (Å²) in [5.41, 5.74) is 3.56. The first-order chi connectivity index (χ1) is 11.5. The van der Waals surface area contributed by atoms with Crippen LogP contribution in [0.3, 0.4) is 0 Å². The predicted molar refractivity (Wildman–Crippen MR) is 98.7 cm³/mol. The van der Waals surface area contributed by atoms with E-state index in [2.05, 4.69) is 24.5 Å². The standard InChI is InChI=1S/C20H24N2O2/c1-14(2)16-7-9-18(10-8-16)22-20(24)11-12-21-19-6-4-5-17(13-19)15(3)23/h4-10,13-14,21H,11-12H2,1-3H3,(H,22,24). The summed E-state index contributed by atoms with van der Waals surface area (Å²) in [6.07, 6.45) is 0.357. The molecule has 0 atom stereocenters. The van der Waals surface area contributed by atoms with Crippen LogP contribution in [-0.4, -0.2) is 18.2 Å². The van der Waals surface area contributed by atoms with Crippen LogP contribution in [-0.2, 0) is 4.79 Å². The van der Waals surface area contributed by atoms with Gasteiger partial charge in [0.25, 0.3) is 0 Å². The van der Waals surface area contributed by atoms with Crippen molar-refractivity contribution in [2.24, 2.45) is 0 Å². The molecule has 0 saturated carbocycles. The van der Waals surface area contributed by atoms with Crippen molar-refractivity contribution in [1.29, 1.82) is 0 Å². The van der Waals surface area contributed by atoms with Gasteiger partial charge in [0.2, 0.25) is 5.91 Å². The molecular weight excluding hydrogens is 300 g/mol. The average Bonchev–Trinajstić information content (AvgIpc) is 2.55. The lowest BCUT2D eigenvalue weighted by Gasteiger charge is -2.10. The number of hydrogen-bond acceptors (Lipinski definition) is 3. The van der Waals surface area contributed by atoms with E-state index in [9.17, 15) is 9.59 Å². The zero-order valence-corrected chi connectivity index (χ0v) is 14.4. The van der Waals surface area contributed by atoms with Crippen LogP contribution in [0.4, 0.5) is 11.4 Å². The molecule has 0 saturated heterocycles. The highest BCUT2D eigenvalue weighted by Gasteiger charge is 2.05. The van der Waals surface area contributed by atoms with Crippen LogP contribution in [0.1, 0.15) is 49.0 Å². The largest absolute Gasteiger partial charge is 0.385 e. The van der Waals surface area contributed by atoms with Gasteiger partial charge in [-0.1, -0.05) is 38.1 Å². The monoisotopic (exact) mass is 324 g/mol. The van der Waals surface area contributed by atoms with Crippen LogP contribution < -0.4 is 10.6 Å². The first-order valence-electron chi connectivity index (χ1n) is 8.20. The maximum absolute atomic E-state index is 12.0. The molecule has 1 amide bonds. The Morgan fingerprint density at radius 1 is 1.00 bits per heavy atom. The number of benzene rings is 2. The minimum atomic E-state index is -0.0393. The summed E-state index contributed by atoms with van der Waals surface area (Å²) in [5, 5.41) is 6.06. The highest BCUT2D eigenvalue weighted by molar-refractivity contribution is 5.95. The minimum Gasteiger partial charge on any atom is -0.385 e. The molecule has 0 spiro atoms. The Labute approximate surface area is 143 Å². The maximum Gasteiger partial charge on any atom is 0.226 e. The Hall–Kier alpha value is -2.62. The number of carbonyl (C=O) groups is 2. The van der Waals surface area contributed by atoms with E-state index in [-0.39, 0.29) is 11.7 Å². The molecule has 2 aromatic carbocycles. The summed E-state index contributed by atoms with van der Waals surface area (Å²) in [7, 11) is 0.